The van der Waals surface area contributed by atoms with Gasteiger partial charge in [-0.1, -0.05) is 48.0 Å². The molecule has 0 aliphatic heterocycles. The van der Waals surface area contributed by atoms with Gasteiger partial charge in [0.2, 0.25) is 5.91 Å². The number of nitrogens with two attached hydrogens (primary N) is 1. The highest BCUT2D eigenvalue weighted by Crippen LogP contribution is 2.17. The molecule has 0 fully saturated rings. The van der Waals surface area contributed by atoms with Gasteiger partial charge >= 0.3 is 6.03 Å². The van der Waals surface area contributed by atoms with E-state index in [1.165, 1.54) is 0 Å². The Morgan fingerprint density at radius 2 is 1.52 bits per heavy atom. The minimum atomic E-state index is -0.705. The maximum absolute atomic E-state index is 12.7. The van der Waals surface area contributed by atoms with Gasteiger partial charge in [0.25, 0.3) is 0 Å². The maximum Gasteiger partial charge on any atom is 0.319 e. The van der Waals surface area contributed by atoms with Crippen LogP contribution in [0.25, 0.3) is 0 Å². The summed E-state index contributed by atoms with van der Waals surface area (Å²) in [5.74, 6) is 0.412. The number of hydrogen-bond donors (Lipinski definition) is 4. The first kappa shape index (κ1) is 23.8. The van der Waals surface area contributed by atoms with Crippen LogP contribution in [-0.2, 0) is 11.4 Å². The Morgan fingerprint density at radius 3 is 2.18 bits per heavy atom. The van der Waals surface area contributed by atoms with Crippen molar-refractivity contribution < 1.29 is 14.3 Å². The van der Waals surface area contributed by atoms with Crippen LogP contribution in [-0.4, -0.2) is 24.5 Å². The zero-order chi connectivity index (χ0) is 23.5. The van der Waals surface area contributed by atoms with Gasteiger partial charge in [0, 0.05) is 11.4 Å². The summed E-state index contributed by atoms with van der Waals surface area (Å²) in [5.41, 5.74) is 9.05. The molecule has 0 unspecified atom stereocenters. The van der Waals surface area contributed by atoms with Gasteiger partial charge in [-0.2, -0.15) is 0 Å². The molecule has 172 valence electrons. The maximum atomic E-state index is 12.7. The van der Waals surface area contributed by atoms with Crippen molar-refractivity contribution in [2.75, 3.05) is 17.2 Å². The Kier molecular flexibility index (Phi) is 8.85. The molecule has 0 spiro atoms. The third kappa shape index (κ3) is 7.97. The van der Waals surface area contributed by atoms with E-state index in [1.807, 2.05) is 61.5 Å². The molecule has 0 radical (unpaired) electrons. The lowest BCUT2D eigenvalue weighted by atomic mass is 10.1. The number of urea groups is 1. The van der Waals surface area contributed by atoms with Crippen molar-refractivity contribution in [3.05, 3.63) is 90.0 Å². The highest BCUT2D eigenvalue weighted by Gasteiger charge is 2.20. The minimum absolute atomic E-state index is 0.285. The number of ether oxygens (including phenoxy) is 1. The molecule has 0 saturated carbocycles. The Balaban J connectivity index is 1.53. The second kappa shape index (κ2) is 12.3. The number of carbonyl (C=O) groups excluding carboxylic acids is 2. The van der Waals surface area contributed by atoms with Crippen LogP contribution in [0.1, 0.15) is 24.0 Å². The van der Waals surface area contributed by atoms with Crippen LogP contribution < -0.4 is 26.4 Å². The summed E-state index contributed by atoms with van der Waals surface area (Å²) in [7, 11) is 0. The Hall–Kier alpha value is -3.84. The molecule has 3 aromatic rings. The van der Waals surface area contributed by atoms with E-state index in [0.717, 1.165) is 11.1 Å². The van der Waals surface area contributed by atoms with Crippen molar-refractivity contribution in [1.82, 2.24) is 5.32 Å². The molecule has 7 nitrogen and oxygen atoms in total. The molecule has 0 saturated heterocycles. The molecule has 0 bridgehead atoms. The number of amides is 3. The van der Waals surface area contributed by atoms with Crippen molar-refractivity contribution in [1.29, 1.82) is 0 Å². The zero-order valence-electron chi connectivity index (χ0n) is 18.7. The van der Waals surface area contributed by atoms with Gasteiger partial charge in [-0.05, 0) is 68.3 Å². The minimum Gasteiger partial charge on any atom is -0.489 e. The summed E-state index contributed by atoms with van der Waals surface area (Å²) >= 11 is 0. The van der Waals surface area contributed by atoms with Crippen LogP contribution in [0.5, 0.6) is 5.75 Å². The van der Waals surface area contributed by atoms with Gasteiger partial charge in [-0.15, -0.1) is 0 Å². The van der Waals surface area contributed by atoms with E-state index in [-0.39, 0.29) is 5.91 Å². The van der Waals surface area contributed by atoms with Gasteiger partial charge in [-0.3, -0.25) is 4.79 Å². The van der Waals surface area contributed by atoms with Crippen LogP contribution in [0.3, 0.4) is 0 Å². The molecule has 7 heteroatoms. The van der Waals surface area contributed by atoms with E-state index in [9.17, 15) is 9.59 Å². The summed E-state index contributed by atoms with van der Waals surface area (Å²) in [6.45, 7) is 2.87. The monoisotopic (exact) mass is 446 g/mol. The number of aryl methyl sites for hydroxylation is 1. The predicted octanol–water partition coefficient (Wildman–Crippen LogP) is 4.44. The van der Waals surface area contributed by atoms with Gasteiger partial charge in [-0.25, -0.2) is 4.79 Å². The van der Waals surface area contributed by atoms with Crippen LogP contribution in [0.15, 0.2) is 78.9 Å². The lowest BCUT2D eigenvalue weighted by molar-refractivity contribution is -0.118. The quantitative estimate of drug-likeness (QED) is 0.369. The smallest absolute Gasteiger partial charge is 0.319 e. The molecule has 3 amide bonds. The molecular weight excluding hydrogens is 416 g/mol. The Labute approximate surface area is 194 Å². The molecule has 33 heavy (non-hydrogen) atoms. The van der Waals surface area contributed by atoms with Crippen LogP contribution >= 0.6 is 0 Å². The first-order valence-corrected chi connectivity index (χ1v) is 11.0. The van der Waals surface area contributed by atoms with Crippen LogP contribution in [0.2, 0.25) is 0 Å². The van der Waals surface area contributed by atoms with Crippen LogP contribution in [0.4, 0.5) is 16.2 Å². The third-order valence-electron chi connectivity index (χ3n) is 5.00. The van der Waals surface area contributed by atoms with E-state index in [4.69, 9.17) is 10.5 Å². The number of anilines is 2. The van der Waals surface area contributed by atoms with E-state index in [2.05, 4.69) is 16.0 Å². The molecule has 3 rings (SSSR count). The van der Waals surface area contributed by atoms with Gasteiger partial charge in [0.15, 0.2) is 0 Å². The summed E-state index contributed by atoms with van der Waals surface area (Å²) in [6, 6.07) is 23.3. The lowest BCUT2D eigenvalue weighted by Crippen LogP contribution is -2.45. The number of carbonyl (C=O) groups is 2. The highest BCUT2D eigenvalue weighted by atomic mass is 16.5. The van der Waals surface area contributed by atoms with Gasteiger partial charge in [0.1, 0.15) is 18.4 Å². The third-order valence-corrected chi connectivity index (χ3v) is 5.00. The molecular formula is C26H30N4O3. The Morgan fingerprint density at radius 1 is 0.879 bits per heavy atom. The molecule has 0 heterocycles. The molecule has 5 N–H and O–H groups in total. The topological polar surface area (TPSA) is 105 Å². The van der Waals surface area contributed by atoms with E-state index in [1.54, 1.807) is 24.3 Å². The normalized spacial score (nSPS) is 11.3. The summed E-state index contributed by atoms with van der Waals surface area (Å²) in [6.07, 6.45) is 1.05. The zero-order valence-corrected chi connectivity index (χ0v) is 18.7. The average Bonchev–Trinajstić information content (AvgIpc) is 2.83. The van der Waals surface area contributed by atoms with Crippen LogP contribution in [0, 0.1) is 6.92 Å². The fraction of sp³-hybridized carbons (Fsp3) is 0.231. The molecule has 0 aliphatic rings. The first-order valence-electron chi connectivity index (χ1n) is 11.0. The largest absolute Gasteiger partial charge is 0.489 e. The number of hydrogen-bond acceptors (Lipinski definition) is 4. The number of nitrogens with one attached hydrogen (secondary N) is 3. The Bertz CT molecular complexity index is 1020. The first-order chi connectivity index (χ1) is 16.0. The van der Waals surface area contributed by atoms with E-state index < -0.39 is 12.1 Å². The fourth-order valence-electron chi connectivity index (χ4n) is 3.16. The number of benzene rings is 3. The van der Waals surface area contributed by atoms with Crippen molar-refractivity contribution in [3.63, 3.8) is 0 Å². The molecule has 1 atom stereocenters. The molecule has 0 aliphatic carbocycles. The SMILES string of the molecule is Cc1ccc(NC(=O)[C@@H](CCCN)NC(=O)Nc2ccc(OCc3ccccc3)cc2)cc1. The van der Waals surface area contributed by atoms with E-state index in [0.29, 0.717) is 43.1 Å². The van der Waals surface area contributed by atoms with E-state index >= 15 is 0 Å². The van der Waals surface area contributed by atoms with Crippen molar-refractivity contribution >= 4 is 23.3 Å². The highest BCUT2D eigenvalue weighted by molar-refractivity contribution is 5.99. The number of rotatable bonds is 10. The van der Waals surface area contributed by atoms with Crippen molar-refractivity contribution in [3.8, 4) is 5.75 Å². The van der Waals surface area contributed by atoms with Crippen molar-refractivity contribution in [2.45, 2.75) is 32.4 Å². The van der Waals surface area contributed by atoms with Crippen molar-refractivity contribution in [2.24, 2.45) is 5.73 Å². The summed E-state index contributed by atoms with van der Waals surface area (Å²) in [5, 5.41) is 8.35. The standard InChI is InChI=1S/C26H30N4O3/c1-19-9-11-21(12-10-19)28-25(31)24(8-5-17-27)30-26(32)29-22-13-15-23(16-14-22)33-18-20-6-3-2-4-7-20/h2-4,6-7,9-16,24H,5,8,17-18,27H2,1H3,(H,28,31)(H2,29,30,32)/t24-/m1/s1. The second-order valence-corrected chi connectivity index (χ2v) is 7.74. The lowest BCUT2D eigenvalue weighted by Gasteiger charge is -2.19. The molecule has 3 aromatic carbocycles. The molecule has 0 aromatic heterocycles. The fourth-order valence-corrected chi connectivity index (χ4v) is 3.16. The predicted molar refractivity (Wildman–Crippen MR) is 131 cm³/mol. The summed E-state index contributed by atoms with van der Waals surface area (Å²) in [4.78, 5) is 25.2. The summed E-state index contributed by atoms with van der Waals surface area (Å²) < 4.78 is 5.76. The average molecular weight is 447 g/mol. The second-order valence-electron chi connectivity index (χ2n) is 7.74. The van der Waals surface area contributed by atoms with Gasteiger partial charge in [0.05, 0.1) is 0 Å². The van der Waals surface area contributed by atoms with Gasteiger partial charge < -0.3 is 26.4 Å².